The number of hydrogen-bond donors (Lipinski definition) is 1. The standard InChI is InChI=1S/C15H24N2O/c1-15(16,14-6-4-3-5-7-14)12-17-9-8-13(10-17)11-18-2/h3-7,13H,8-12,16H2,1-2H3. The smallest absolute Gasteiger partial charge is 0.0509 e. The molecule has 1 saturated heterocycles. The second-order valence-electron chi connectivity index (χ2n) is 5.63. The fraction of sp³-hybridized carbons (Fsp3) is 0.600. The zero-order valence-electron chi connectivity index (χ0n) is 11.4. The summed E-state index contributed by atoms with van der Waals surface area (Å²) in [6.45, 7) is 6.13. The summed E-state index contributed by atoms with van der Waals surface area (Å²) in [6.07, 6.45) is 1.22. The number of benzene rings is 1. The molecule has 100 valence electrons. The van der Waals surface area contributed by atoms with Gasteiger partial charge < -0.3 is 15.4 Å². The largest absolute Gasteiger partial charge is 0.384 e. The highest BCUT2D eigenvalue weighted by atomic mass is 16.5. The third-order valence-electron chi connectivity index (χ3n) is 3.76. The molecule has 0 spiro atoms. The van der Waals surface area contributed by atoms with Crippen molar-refractivity contribution in [3.05, 3.63) is 35.9 Å². The van der Waals surface area contributed by atoms with Gasteiger partial charge in [-0.15, -0.1) is 0 Å². The van der Waals surface area contributed by atoms with Gasteiger partial charge in [-0.1, -0.05) is 30.3 Å². The maximum absolute atomic E-state index is 6.46. The van der Waals surface area contributed by atoms with Crippen LogP contribution >= 0.6 is 0 Å². The first kappa shape index (κ1) is 13.5. The Morgan fingerprint density at radius 2 is 2.11 bits per heavy atom. The fourth-order valence-electron chi connectivity index (χ4n) is 2.80. The summed E-state index contributed by atoms with van der Waals surface area (Å²) in [5.74, 6) is 0.668. The van der Waals surface area contributed by atoms with Crippen LogP contribution < -0.4 is 5.73 Å². The van der Waals surface area contributed by atoms with Crippen LogP contribution in [0.15, 0.2) is 30.3 Å². The Labute approximate surface area is 110 Å². The van der Waals surface area contributed by atoms with E-state index in [9.17, 15) is 0 Å². The van der Waals surface area contributed by atoms with Gasteiger partial charge in [0.05, 0.1) is 12.1 Å². The highest BCUT2D eigenvalue weighted by Gasteiger charge is 2.29. The summed E-state index contributed by atoms with van der Waals surface area (Å²) in [7, 11) is 1.78. The average molecular weight is 248 g/mol. The van der Waals surface area contributed by atoms with E-state index >= 15 is 0 Å². The lowest BCUT2D eigenvalue weighted by Crippen LogP contribution is -2.44. The molecule has 3 heteroatoms. The first-order valence-electron chi connectivity index (χ1n) is 6.67. The predicted octanol–water partition coefficient (Wildman–Crippen LogP) is 1.83. The van der Waals surface area contributed by atoms with E-state index in [0.29, 0.717) is 5.92 Å². The molecule has 2 rings (SSSR count). The summed E-state index contributed by atoms with van der Waals surface area (Å²) in [5.41, 5.74) is 7.40. The molecule has 0 radical (unpaired) electrons. The maximum atomic E-state index is 6.46. The Balaban J connectivity index is 1.93. The van der Waals surface area contributed by atoms with E-state index in [1.807, 2.05) is 6.07 Å². The molecule has 1 aliphatic rings. The van der Waals surface area contributed by atoms with E-state index in [1.165, 1.54) is 12.0 Å². The molecule has 0 bridgehead atoms. The van der Waals surface area contributed by atoms with Crippen LogP contribution in [0.25, 0.3) is 0 Å². The molecule has 0 aromatic heterocycles. The van der Waals surface area contributed by atoms with Crippen molar-refractivity contribution in [3.8, 4) is 0 Å². The van der Waals surface area contributed by atoms with Crippen molar-refractivity contribution in [1.29, 1.82) is 0 Å². The lowest BCUT2D eigenvalue weighted by Gasteiger charge is -2.30. The van der Waals surface area contributed by atoms with E-state index in [4.69, 9.17) is 10.5 Å². The minimum absolute atomic E-state index is 0.275. The monoisotopic (exact) mass is 248 g/mol. The summed E-state index contributed by atoms with van der Waals surface area (Å²) in [4.78, 5) is 2.46. The van der Waals surface area contributed by atoms with Gasteiger partial charge in [-0.2, -0.15) is 0 Å². The molecule has 18 heavy (non-hydrogen) atoms. The van der Waals surface area contributed by atoms with Gasteiger partial charge >= 0.3 is 0 Å². The van der Waals surface area contributed by atoms with Gasteiger partial charge in [0, 0.05) is 20.2 Å². The molecule has 2 N–H and O–H groups in total. The number of likely N-dealkylation sites (tertiary alicyclic amines) is 1. The quantitative estimate of drug-likeness (QED) is 0.864. The molecule has 2 atom stereocenters. The summed E-state index contributed by atoms with van der Waals surface area (Å²) >= 11 is 0. The number of hydrogen-bond acceptors (Lipinski definition) is 3. The van der Waals surface area contributed by atoms with Crippen molar-refractivity contribution in [2.75, 3.05) is 33.4 Å². The number of ether oxygens (including phenoxy) is 1. The molecule has 0 amide bonds. The Morgan fingerprint density at radius 1 is 1.39 bits per heavy atom. The molecule has 1 fully saturated rings. The highest BCUT2D eigenvalue weighted by molar-refractivity contribution is 5.23. The van der Waals surface area contributed by atoms with Gasteiger partial charge in [0.1, 0.15) is 0 Å². The van der Waals surface area contributed by atoms with Crippen LogP contribution in [0.5, 0.6) is 0 Å². The minimum atomic E-state index is -0.275. The second kappa shape index (κ2) is 5.83. The molecular formula is C15H24N2O. The van der Waals surface area contributed by atoms with E-state index in [-0.39, 0.29) is 5.54 Å². The first-order valence-corrected chi connectivity index (χ1v) is 6.67. The van der Waals surface area contributed by atoms with E-state index < -0.39 is 0 Å². The molecular weight excluding hydrogens is 224 g/mol. The van der Waals surface area contributed by atoms with Crippen molar-refractivity contribution in [2.45, 2.75) is 18.9 Å². The summed E-state index contributed by atoms with van der Waals surface area (Å²) < 4.78 is 5.23. The van der Waals surface area contributed by atoms with Crippen molar-refractivity contribution in [2.24, 2.45) is 11.7 Å². The normalized spacial score (nSPS) is 24.1. The molecule has 0 saturated carbocycles. The molecule has 3 nitrogen and oxygen atoms in total. The maximum Gasteiger partial charge on any atom is 0.0509 e. The van der Waals surface area contributed by atoms with Gasteiger partial charge in [0.2, 0.25) is 0 Å². The Bertz CT molecular complexity index is 364. The third kappa shape index (κ3) is 3.31. The highest BCUT2D eigenvalue weighted by Crippen LogP contribution is 2.23. The van der Waals surface area contributed by atoms with E-state index in [1.54, 1.807) is 7.11 Å². The van der Waals surface area contributed by atoms with Crippen LogP contribution in [0.2, 0.25) is 0 Å². The van der Waals surface area contributed by atoms with E-state index in [0.717, 1.165) is 26.2 Å². The van der Waals surface area contributed by atoms with Crippen molar-refractivity contribution < 1.29 is 4.74 Å². The van der Waals surface area contributed by atoms with Crippen LogP contribution in [0.4, 0.5) is 0 Å². The van der Waals surface area contributed by atoms with Gasteiger partial charge in [0.15, 0.2) is 0 Å². The average Bonchev–Trinajstić information content (AvgIpc) is 2.77. The SMILES string of the molecule is COCC1CCN(CC(C)(N)c2ccccc2)C1. The lowest BCUT2D eigenvalue weighted by atomic mass is 9.93. The summed E-state index contributed by atoms with van der Waals surface area (Å²) in [6, 6.07) is 10.4. The van der Waals surface area contributed by atoms with Crippen LogP contribution in [0.3, 0.4) is 0 Å². The van der Waals surface area contributed by atoms with Crippen molar-refractivity contribution in [3.63, 3.8) is 0 Å². The topological polar surface area (TPSA) is 38.5 Å². The molecule has 0 aliphatic carbocycles. The van der Waals surface area contributed by atoms with Gasteiger partial charge in [-0.25, -0.2) is 0 Å². The van der Waals surface area contributed by atoms with Crippen LogP contribution in [0, 0.1) is 5.92 Å². The predicted molar refractivity (Wildman–Crippen MR) is 74.4 cm³/mol. The van der Waals surface area contributed by atoms with Crippen molar-refractivity contribution >= 4 is 0 Å². The number of methoxy groups -OCH3 is 1. The van der Waals surface area contributed by atoms with Crippen LogP contribution in [-0.2, 0) is 10.3 Å². The Hall–Kier alpha value is -0.900. The third-order valence-corrected chi connectivity index (χ3v) is 3.76. The van der Waals surface area contributed by atoms with Crippen molar-refractivity contribution in [1.82, 2.24) is 4.90 Å². The zero-order valence-corrected chi connectivity index (χ0v) is 11.4. The number of nitrogens with two attached hydrogens (primary N) is 1. The Morgan fingerprint density at radius 3 is 2.78 bits per heavy atom. The van der Waals surface area contributed by atoms with Crippen LogP contribution in [-0.4, -0.2) is 38.3 Å². The van der Waals surface area contributed by atoms with Crippen LogP contribution in [0.1, 0.15) is 18.9 Å². The van der Waals surface area contributed by atoms with Gasteiger partial charge in [0.25, 0.3) is 0 Å². The summed E-state index contributed by atoms with van der Waals surface area (Å²) in [5, 5.41) is 0. The van der Waals surface area contributed by atoms with Gasteiger partial charge in [-0.3, -0.25) is 0 Å². The number of nitrogens with zero attached hydrogens (tertiary/aromatic N) is 1. The second-order valence-corrected chi connectivity index (χ2v) is 5.63. The zero-order chi connectivity index (χ0) is 13.0. The molecule has 1 aromatic rings. The lowest BCUT2D eigenvalue weighted by molar-refractivity contribution is 0.150. The van der Waals surface area contributed by atoms with Gasteiger partial charge in [-0.05, 0) is 31.4 Å². The fourth-order valence-corrected chi connectivity index (χ4v) is 2.80. The first-order chi connectivity index (χ1) is 8.62. The molecule has 1 aromatic carbocycles. The Kier molecular flexibility index (Phi) is 4.38. The van der Waals surface area contributed by atoms with E-state index in [2.05, 4.69) is 36.1 Å². The number of rotatable bonds is 5. The molecule has 2 unspecified atom stereocenters. The molecule has 1 aliphatic heterocycles. The minimum Gasteiger partial charge on any atom is -0.384 e. The molecule has 1 heterocycles.